The molecule has 0 aliphatic carbocycles. The summed E-state index contributed by atoms with van der Waals surface area (Å²) in [6.07, 6.45) is 2.56. The minimum absolute atomic E-state index is 0. The van der Waals surface area contributed by atoms with Crippen LogP contribution in [0.4, 0.5) is 0 Å². The SMILES string of the molecule is Cl.c1cc(OC2CCNCC2)ns1. The van der Waals surface area contributed by atoms with Crippen LogP contribution in [0.2, 0.25) is 0 Å². The highest BCUT2D eigenvalue weighted by Crippen LogP contribution is 2.15. The Hall–Kier alpha value is -0.320. The van der Waals surface area contributed by atoms with Gasteiger partial charge < -0.3 is 10.1 Å². The highest BCUT2D eigenvalue weighted by atomic mass is 35.5. The number of piperidine rings is 1. The van der Waals surface area contributed by atoms with E-state index in [1.165, 1.54) is 11.5 Å². The first-order valence-corrected chi connectivity index (χ1v) is 5.06. The van der Waals surface area contributed by atoms with E-state index in [9.17, 15) is 0 Å². The molecule has 0 unspecified atom stereocenters. The van der Waals surface area contributed by atoms with Crippen molar-refractivity contribution in [1.82, 2.24) is 9.69 Å². The lowest BCUT2D eigenvalue weighted by Gasteiger charge is -2.22. The summed E-state index contributed by atoms with van der Waals surface area (Å²) >= 11 is 1.44. The Morgan fingerprint density at radius 2 is 2.23 bits per heavy atom. The highest BCUT2D eigenvalue weighted by Gasteiger charge is 2.14. The molecule has 0 saturated carbocycles. The monoisotopic (exact) mass is 220 g/mol. The molecule has 1 aromatic rings. The van der Waals surface area contributed by atoms with Crippen molar-refractivity contribution in [2.45, 2.75) is 18.9 Å². The largest absolute Gasteiger partial charge is 0.474 e. The zero-order chi connectivity index (χ0) is 8.23. The number of halogens is 1. The van der Waals surface area contributed by atoms with Gasteiger partial charge in [0.2, 0.25) is 5.88 Å². The van der Waals surface area contributed by atoms with Gasteiger partial charge in [0.1, 0.15) is 6.10 Å². The molecule has 1 N–H and O–H groups in total. The second-order valence-corrected chi connectivity index (χ2v) is 3.57. The van der Waals surface area contributed by atoms with Gasteiger partial charge in [-0.2, -0.15) is 4.37 Å². The van der Waals surface area contributed by atoms with Crippen LogP contribution in [0, 0.1) is 0 Å². The summed E-state index contributed by atoms with van der Waals surface area (Å²) < 4.78 is 9.76. The van der Waals surface area contributed by atoms with Crippen molar-refractivity contribution in [2.24, 2.45) is 0 Å². The second kappa shape index (κ2) is 5.42. The van der Waals surface area contributed by atoms with E-state index in [0.29, 0.717) is 6.10 Å². The third-order valence-corrected chi connectivity index (χ3v) is 2.53. The Labute approximate surface area is 88.1 Å². The number of hydrogen-bond donors (Lipinski definition) is 1. The van der Waals surface area contributed by atoms with E-state index < -0.39 is 0 Å². The summed E-state index contributed by atoms with van der Waals surface area (Å²) in [5.74, 6) is 0.784. The number of aromatic nitrogens is 1. The average molecular weight is 221 g/mol. The highest BCUT2D eigenvalue weighted by molar-refractivity contribution is 7.03. The molecule has 1 aromatic heterocycles. The lowest BCUT2D eigenvalue weighted by molar-refractivity contribution is 0.157. The van der Waals surface area contributed by atoms with Crippen molar-refractivity contribution in [3.8, 4) is 5.88 Å². The van der Waals surface area contributed by atoms with Crippen LogP contribution < -0.4 is 10.1 Å². The molecule has 0 aromatic carbocycles. The maximum atomic E-state index is 5.65. The van der Waals surface area contributed by atoms with Gasteiger partial charge in [-0.25, -0.2) is 0 Å². The van der Waals surface area contributed by atoms with Crippen molar-refractivity contribution in [3.05, 3.63) is 11.4 Å². The van der Waals surface area contributed by atoms with Crippen LogP contribution in [0.15, 0.2) is 11.4 Å². The molecule has 0 radical (unpaired) electrons. The van der Waals surface area contributed by atoms with E-state index in [4.69, 9.17) is 4.74 Å². The molecular weight excluding hydrogens is 208 g/mol. The summed E-state index contributed by atoms with van der Waals surface area (Å²) in [4.78, 5) is 0. The standard InChI is InChI=1S/C8H12N2OS.ClH/c1-4-9-5-2-7(1)11-8-3-6-12-10-8;/h3,6-7,9H,1-2,4-5H2;1H. The van der Waals surface area contributed by atoms with Crippen molar-refractivity contribution in [1.29, 1.82) is 0 Å². The zero-order valence-corrected chi connectivity index (χ0v) is 8.87. The number of nitrogens with zero attached hydrogens (tertiary/aromatic N) is 1. The molecule has 13 heavy (non-hydrogen) atoms. The fraction of sp³-hybridized carbons (Fsp3) is 0.625. The smallest absolute Gasteiger partial charge is 0.225 e. The quantitative estimate of drug-likeness (QED) is 0.824. The first kappa shape index (κ1) is 10.8. The summed E-state index contributed by atoms with van der Waals surface area (Å²) in [5.41, 5.74) is 0. The van der Waals surface area contributed by atoms with Gasteiger partial charge in [-0.05, 0) is 37.5 Å². The molecule has 2 rings (SSSR count). The lowest BCUT2D eigenvalue weighted by Crippen LogP contribution is -2.34. The van der Waals surface area contributed by atoms with Crippen LogP contribution >= 0.6 is 23.9 Å². The Morgan fingerprint density at radius 1 is 1.46 bits per heavy atom. The number of nitrogens with one attached hydrogen (secondary N) is 1. The van der Waals surface area contributed by atoms with Crippen LogP contribution in [0.25, 0.3) is 0 Å². The molecule has 0 bridgehead atoms. The van der Waals surface area contributed by atoms with Crippen LogP contribution in [-0.4, -0.2) is 23.6 Å². The van der Waals surface area contributed by atoms with Gasteiger partial charge in [0.05, 0.1) is 0 Å². The van der Waals surface area contributed by atoms with Gasteiger partial charge in [0.15, 0.2) is 0 Å². The van der Waals surface area contributed by atoms with E-state index in [1.807, 2.05) is 11.4 Å². The second-order valence-electron chi connectivity index (χ2n) is 2.90. The summed E-state index contributed by atoms with van der Waals surface area (Å²) in [7, 11) is 0. The van der Waals surface area contributed by atoms with Gasteiger partial charge in [0, 0.05) is 11.4 Å². The molecule has 0 spiro atoms. The number of rotatable bonds is 2. The maximum Gasteiger partial charge on any atom is 0.225 e. The summed E-state index contributed by atoms with van der Waals surface area (Å²) in [6.45, 7) is 2.13. The van der Waals surface area contributed by atoms with E-state index in [-0.39, 0.29) is 12.4 Å². The van der Waals surface area contributed by atoms with Crippen LogP contribution in [0.1, 0.15) is 12.8 Å². The number of ether oxygens (including phenoxy) is 1. The minimum atomic E-state index is 0. The van der Waals surface area contributed by atoms with Crippen molar-refractivity contribution < 1.29 is 4.74 Å². The molecule has 0 atom stereocenters. The molecule has 5 heteroatoms. The van der Waals surface area contributed by atoms with Crippen LogP contribution in [-0.2, 0) is 0 Å². The topological polar surface area (TPSA) is 34.1 Å². The molecule has 1 saturated heterocycles. The first-order chi connectivity index (χ1) is 5.95. The molecule has 1 fully saturated rings. The fourth-order valence-corrected chi connectivity index (χ4v) is 1.79. The van der Waals surface area contributed by atoms with E-state index in [0.717, 1.165) is 31.8 Å². The lowest BCUT2D eigenvalue weighted by atomic mass is 10.1. The van der Waals surface area contributed by atoms with Crippen molar-refractivity contribution >= 4 is 23.9 Å². The van der Waals surface area contributed by atoms with Crippen LogP contribution in [0.5, 0.6) is 5.88 Å². The Balaban J connectivity index is 0.000000845. The third-order valence-electron chi connectivity index (χ3n) is 1.99. The maximum absolute atomic E-state index is 5.65. The number of hydrogen-bond acceptors (Lipinski definition) is 4. The predicted molar refractivity (Wildman–Crippen MR) is 55.9 cm³/mol. The first-order valence-electron chi connectivity index (χ1n) is 4.23. The Bertz CT molecular complexity index is 224. The van der Waals surface area contributed by atoms with Crippen LogP contribution in [0.3, 0.4) is 0 Å². The van der Waals surface area contributed by atoms with Gasteiger partial charge in [-0.15, -0.1) is 12.4 Å². The van der Waals surface area contributed by atoms with Gasteiger partial charge >= 0.3 is 0 Å². The molecule has 3 nitrogen and oxygen atoms in total. The minimum Gasteiger partial charge on any atom is -0.474 e. The van der Waals surface area contributed by atoms with Crippen molar-refractivity contribution in [3.63, 3.8) is 0 Å². The zero-order valence-electron chi connectivity index (χ0n) is 7.23. The predicted octanol–water partition coefficient (Wildman–Crippen LogP) is 1.70. The molecule has 2 heterocycles. The Kier molecular flexibility index (Phi) is 4.48. The average Bonchev–Trinajstić information content (AvgIpc) is 2.59. The Morgan fingerprint density at radius 3 is 2.85 bits per heavy atom. The molecule has 0 amide bonds. The fourth-order valence-electron chi connectivity index (χ4n) is 1.35. The summed E-state index contributed by atoms with van der Waals surface area (Å²) in [5, 5.41) is 5.24. The van der Waals surface area contributed by atoms with E-state index >= 15 is 0 Å². The van der Waals surface area contributed by atoms with Gasteiger partial charge in [-0.3, -0.25) is 0 Å². The van der Waals surface area contributed by atoms with Crippen molar-refractivity contribution in [2.75, 3.05) is 13.1 Å². The van der Waals surface area contributed by atoms with Gasteiger partial charge in [0.25, 0.3) is 0 Å². The van der Waals surface area contributed by atoms with E-state index in [2.05, 4.69) is 9.69 Å². The van der Waals surface area contributed by atoms with E-state index in [1.54, 1.807) is 0 Å². The third kappa shape index (κ3) is 3.14. The molecule has 1 aliphatic heterocycles. The normalized spacial score (nSPS) is 17.8. The summed E-state index contributed by atoms with van der Waals surface area (Å²) in [6, 6.07) is 1.92. The molecule has 1 aliphatic rings. The molecular formula is C8H13ClN2OS. The van der Waals surface area contributed by atoms with Gasteiger partial charge in [-0.1, -0.05) is 0 Å². The molecule has 74 valence electrons.